The van der Waals surface area contributed by atoms with E-state index in [4.69, 9.17) is 0 Å². The van der Waals surface area contributed by atoms with Crippen LogP contribution in [0.5, 0.6) is 0 Å². The van der Waals surface area contributed by atoms with E-state index >= 15 is 0 Å². The first-order valence-electron chi connectivity index (χ1n) is 8.97. The third-order valence-electron chi connectivity index (χ3n) is 5.60. The number of carbonyl (C=O) groups excluding carboxylic acids is 1. The van der Waals surface area contributed by atoms with Gasteiger partial charge in [-0.2, -0.15) is 0 Å². The average Bonchev–Trinajstić information content (AvgIpc) is 3.33. The van der Waals surface area contributed by atoms with Crippen LogP contribution in [0.1, 0.15) is 50.0 Å². The van der Waals surface area contributed by atoms with Gasteiger partial charge < -0.3 is 10.2 Å². The molecule has 3 aliphatic rings. The monoisotopic (exact) mass is 314 g/mol. The summed E-state index contributed by atoms with van der Waals surface area (Å²) in [5.74, 6) is 1.37. The molecule has 1 unspecified atom stereocenters. The van der Waals surface area contributed by atoms with E-state index in [0.717, 1.165) is 32.6 Å². The van der Waals surface area contributed by atoms with E-state index in [0.29, 0.717) is 11.7 Å². The van der Waals surface area contributed by atoms with Crippen LogP contribution in [0.3, 0.4) is 0 Å². The summed E-state index contributed by atoms with van der Waals surface area (Å²) >= 11 is 0. The summed E-state index contributed by atoms with van der Waals surface area (Å²) in [6.45, 7) is 3.85. The number of aromatic nitrogens is 1. The Balaban J connectivity index is 1.40. The summed E-state index contributed by atoms with van der Waals surface area (Å²) in [6.07, 6.45) is 9.21. The molecule has 3 heterocycles. The van der Waals surface area contributed by atoms with Gasteiger partial charge in [-0.25, -0.2) is 9.78 Å². The van der Waals surface area contributed by atoms with Gasteiger partial charge >= 0.3 is 6.03 Å². The molecule has 5 nitrogen and oxygen atoms in total. The molecule has 1 saturated carbocycles. The second kappa shape index (κ2) is 6.11. The zero-order valence-corrected chi connectivity index (χ0v) is 13.7. The summed E-state index contributed by atoms with van der Waals surface area (Å²) < 4.78 is 0. The Kier molecular flexibility index (Phi) is 3.97. The minimum atomic E-state index is 0.00449. The van der Waals surface area contributed by atoms with Crippen molar-refractivity contribution in [2.75, 3.05) is 31.5 Å². The minimum absolute atomic E-state index is 0.00449. The Bertz CT molecular complexity index is 561. The first kappa shape index (κ1) is 14.9. The fourth-order valence-electron chi connectivity index (χ4n) is 4.01. The standard InChI is InChI=1S/C18H26N4O/c23-17(21-16-6-5-15(11-20-16)14-3-4-14)22-10-2-1-7-18(13-22)8-9-19-12-18/h5-6,11,14,19H,1-4,7-10,12-13H2,(H,20,21,23). The van der Waals surface area contributed by atoms with Crippen molar-refractivity contribution in [1.29, 1.82) is 0 Å². The second-order valence-electron chi connectivity index (χ2n) is 7.49. The zero-order chi connectivity index (χ0) is 15.7. The molecular weight excluding hydrogens is 288 g/mol. The largest absolute Gasteiger partial charge is 0.324 e. The van der Waals surface area contributed by atoms with Crippen molar-refractivity contribution < 1.29 is 4.79 Å². The number of carbonyl (C=O) groups is 1. The number of rotatable bonds is 2. The first-order chi connectivity index (χ1) is 11.2. The van der Waals surface area contributed by atoms with Crippen molar-refractivity contribution in [3.8, 4) is 0 Å². The van der Waals surface area contributed by atoms with Crippen molar-refractivity contribution in [3.05, 3.63) is 23.9 Å². The fourth-order valence-corrected chi connectivity index (χ4v) is 4.01. The molecule has 2 N–H and O–H groups in total. The number of likely N-dealkylation sites (tertiary alicyclic amines) is 1. The molecule has 3 fully saturated rings. The van der Waals surface area contributed by atoms with Crippen molar-refractivity contribution in [3.63, 3.8) is 0 Å². The van der Waals surface area contributed by atoms with Gasteiger partial charge in [-0.15, -0.1) is 0 Å². The van der Waals surface area contributed by atoms with Crippen molar-refractivity contribution in [2.45, 2.75) is 44.4 Å². The lowest BCUT2D eigenvalue weighted by atomic mass is 9.82. The Hall–Kier alpha value is -1.62. The topological polar surface area (TPSA) is 57.3 Å². The van der Waals surface area contributed by atoms with Crippen LogP contribution in [-0.4, -0.2) is 42.1 Å². The van der Waals surface area contributed by atoms with E-state index in [1.54, 1.807) is 0 Å². The highest BCUT2D eigenvalue weighted by Gasteiger charge is 2.38. The van der Waals surface area contributed by atoms with E-state index in [1.165, 1.54) is 37.7 Å². The Morgan fingerprint density at radius 3 is 2.91 bits per heavy atom. The molecule has 1 aliphatic carbocycles. The van der Waals surface area contributed by atoms with Crippen LogP contribution in [0, 0.1) is 5.41 Å². The number of nitrogens with zero attached hydrogens (tertiary/aromatic N) is 2. The highest BCUT2D eigenvalue weighted by Crippen LogP contribution is 2.39. The minimum Gasteiger partial charge on any atom is -0.324 e. The van der Waals surface area contributed by atoms with Gasteiger partial charge in [0, 0.05) is 31.2 Å². The molecule has 1 spiro atoms. The van der Waals surface area contributed by atoms with Crippen LogP contribution >= 0.6 is 0 Å². The lowest BCUT2D eigenvalue weighted by molar-refractivity contribution is 0.179. The van der Waals surface area contributed by atoms with Crippen LogP contribution < -0.4 is 10.6 Å². The number of amides is 2. The predicted octanol–water partition coefficient (Wildman–Crippen LogP) is 2.96. The van der Waals surface area contributed by atoms with E-state index in [1.807, 2.05) is 17.2 Å². The van der Waals surface area contributed by atoms with E-state index < -0.39 is 0 Å². The molecule has 4 rings (SSSR count). The summed E-state index contributed by atoms with van der Waals surface area (Å²) in [5.41, 5.74) is 1.59. The van der Waals surface area contributed by atoms with Crippen molar-refractivity contribution in [1.82, 2.24) is 15.2 Å². The summed E-state index contributed by atoms with van der Waals surface area (Å²) in [4.78, 5) is 19.1. The van der Waals surface area contributed by atoms with Gasteiger partial charge in [0.05, 0.1) is 0 Å². The molecule has 124 valence electrons. The van der Waals surface area contributed by atoms with Gasteiger partial charge in [-0.3, -0.25) is 5.32 Å². The Morgan fingerprint density at radius 1 is 1.30 bits per heavy atom. The normalized spacial score (nSPS) is 27.9. The molecule has 0 aromatic carbocycles. The molecule has 2 amide bonds. The summed E-state index contributed by atoms with van der Waals surface area (Å²) in [5, 5.41) is 6.46. The maximum atomic E-state index is 12.6. The van der Waals surface area contributed by atoms with Crippen molar-refractivity contribution >= 4 is 11.8 Å². The molecule has 2 saturated heterocycles. The van der Waals surface area contributed by atoms with E-state index in [2.05, 4.69) is 21.7 Å². The molecule has 2 aliphatic heterocycles. The van der Waals surface area contributed by atoms with Crippen LogP contribution in [0.25, 0.3) is 0 Å². The van der Waals surface area contributed by atoms with E-state index in [-0.39, 0.29) is 11.4 Å². The average molecular weight is 314 g/mol. The van der Waals surface area contributed by atoms with Crippen molar-refractivity contribution in [2.24, 2.45) is 5.41 Å². The molecule has 1 aromatic rings. The van der Waals surface area contributed by atoms with Crippen LogP contribution in [0.4, 0.5) is 10.6 Å². The highest BCUT2D eigenvalue weighted by molar-refractivity contribution is 5.88. The van der Waals surface area contributed by atoms with Gasteiger partial charge in [-0.1, -0.05) is 12.5 Å². The van der Waals surface area contributed by atoms with E-state index in [9.17, 15) is 4.79 Å². The molecular formula is C18H26N4O. The van der Waals surface area contributed by atoms with Gasteiger partial charge in [0.15, 0.2) is 0 Å². The third-order valence-corrected chi connectivity index (χ3v) is 5.60. The second-order valence-corrected chi connectivity index (χ2v) is 7.49. The number of anilines is 1. The number of hydrogen-bond donors (Lipinski definition) is 2. The molecule has 23 heavy (non-hydrogen) atoms. The summed E-state index contributed by atoms with van der Waals surface area (Å²) in [7, 11) is 0. The molecule has 0 radical (unpaired) electrons. The predicted molar refractivity (Wildman–Crippen MR) is 90.6 cm³/mol. The van der Waals surface area contributed by atoms with Gasteiger partial charge in [0.25, 0.3) is 0 Å². The SMILES string of the molecule is O=C(Nc1ccc(C2CC2)cn1)N1CCCCC2(CCNC2)C1. The van der Waals surface area contributed by atoms with Crippen LogP contribution in [-0.2, 0) is 0 Å². The molecule has 1 atom stereocenters. The lowest BCUT2D eigenvalue weighted by Crippen LogP contribution is -2.43. The van der Waals surface area contributed by atoms with Gasteiger partial charge in [0.1, 0.15) is 5.82 Å². The maximum absolute atomic E-state index is 12.6. The lowest BCUT2D eigenvalue weighted by Gasteiger charge is -2.32. The quantitative estimate of drug-likeness (QED) is 0.882. The Labute approximate surface area is 137 Å². The van der Waals surface area contributed by atoms with Gasteiger partial charge in [0.2, 0.25) is 0 Å². The first-order valence-corrected chi connectivity index (χ1v) is 8.97. The smallest absolute Gasteiger partial charge is 0.323 e. The third kappa shape index (κ3) is 3.34. The number of urea groups is 1. The zero-order valence-electron chi connectivity index (χ0n) is 13.7. The molecule has 0 bridgehead atoms. The highest BCUT2D eigenvalue weighted by atomic mass is 16.2. The molecule has 5 heteroatoms. The maximum Gasteiger partial charge on any atom is 0.323 e. The Morgan fingerprint density at radius 2 is 2.22 bits per heavy atom. The number of pyridine rings is 1. The van der Waals surface area contributed by atoms with Crippen LogP contribution in [0.15, 0.2) is 18.3 Å². The summed E-state index contributed by atoms with van der Waals surface area (Å²) in [6, 6.07) is 4.05. The number of hydrogen-bond acceptors (Lipinski definition) is 3. The van der Waals surface area contributed by atoms with Crippen LogP contribution in [0.2, 0.25) is 0 Å². The fraction of sp³-hybridized carbons (Fsp3) is 0.667. The number of nitrogens with one attached hydrogen (secondary N) is 2. The van der Waals surface area contributed by atoms with Gasteiger partial charge in [-0.05, 0) is 56.2 Å². The molecule has 1 aromatic heterocycles.